The lowest BCUT2D eigenvalue weighted by Gasteiger charge is -2.17. The van der Waals surface area contributed by atoms with Gasteiger partial charge < -0.3 is 14.9 Å². The van der Waals surface area contributed by atoms with Gasteiger partial charge in [0.15, 0.2) is 0 Å². The van der Waals surface area contributed by atoms with Gasteiger partial charge in [-0.2, -0.15) is 0 Å². The van der Waals surface area contributed by atoms with Crippen LogP contribution in [0.4, 0.5) is 0 Å². The highest BCUT2D eigenvalue weighted by molar-refractivity contribution is 6.32. The number of hydrogen-bond acceptors (Lipinski definition) is 3. The second kappa shape index (κ2) is 6.45. The number of para-hydroxylation sites is 2. The third kappa shape index (κ3) is 3.40. The first-order valence-electron chi connectivity index (χ1n) is 5.98. The first-order chi connectivity index (χ1) is 9.22. The van der Waals surface area contributed by atoms with Crippen molar-refractivity contribution in [1.29, 1.82) is 0 Å². The van der Waals surface area contributed by atoms with E-state index in [-0.39, 0.29) is 24.9 Å². The van der Waals surface area contributed by atoms with Crippen molar-refractivity contribution in [2.24, 2.45) is 0 Å². The maximum absolute atomic E-state index is 9.77. The van der Waals surface area contributed by atoms with Crippen LogP contribution in [0.1, 0.15) is 11.5 Å². The first-order valence-corrected chi connectivity index (χ1v) is 6.36. The van der Waals surface area contributed by atoms with Gasteiger partial charge in [-0.05, 0) is 18.2 Å². The molecule has 0 aliphatic heterocycles. The first kappa shape index (κ1) is 13.7. The number of halogens is 1. The van der Waals surface area contributed by atoms with Crippen molar-refractivity contribution in [3.05, 3.63) is 59.1 Å². The second-order valence-corrected chi connectivity index (χ2v) is 4.59. The minimum Gasteiger partial charge on any atom is -0.508 e. The Morgan fingerprint density at radius 3 is 2.42 bits per heavy atom. The van der Waals surface area contributed by atoms with Crippen LogP contribution in [0.2, 0.25) is 5.02 Å². The molecule has 0 amide bonds. The van der Waals surface area contributed by atoms with Gasteiger partial charge in [-0.15, -0.1) is 0 Å². The average molecular weight is 279 g/mol. The van der Waals surface area contributed by atoms with Crippen molar-refractivity contribution in [3.63, 3.8) is 0 Å². The van der Waals surface area contributed by atoms with Crippen LogP contribution in [-0.2, 0) is 0 Å². The van der Waals surface area contributed by atoms with Crippen LogP contribution in [0.25, 0.3) is 0 Å². The third-order valence-electron chi connectivity index (χ3n) is 2.87. The van der Waals surface area contributed by atoms with E-state index in [1.807, 2.05) is 18.2 Å². The van der Waals surface area contributed by atoms with Gasteiger partial charge in [0.1, 0.15) is 11.5 Å². The molecule has 2 aromatic carbocycles. The minimum absolute atomic E-state index is 0.109. The molecule has 0 spiro atoms. The molecule has 2 N–H and O–H groups in total. The summed E-state index contributed by atoms with van der Waals surface area (Å²) in [5, 5.41) is 19.7. The van der Waals surface area contributed by atoms with Gasteiger partial charge in [-0.1, -0.05) is 41.9 Å². The lowest BCUT2D eigenvalue weighted by atomic mass is 10.00. The smallest absolute Gasteiger partial charge is 0.137 e. The second-order valence-electron chi connectivity index (χ2n) is 4.18. The molecule has 0 fully saturated rings. The highest BCUT2D eigenvalue weighted by Crippen LogP contribution is 2.28. The van der Waals surface area contributed by atoms with Crippen molar-refractivity contribution in [2.75, 3.05) is 13.2 Å². The Bertz CT molecular complexity index is 542. The molecule has 2 rings (SSSR count). The molecule has 2 aromatic rings. The van der Waals surface area contributed by atoms with Crippen molar-refractivity contribution < 1.29 is 14.9 Å². The number of hydrogen-bond donors (Lipinski definition) is 2. The lowest BCUT2D eigenvalue weighted by molar-refractivity contribution is 0.203. The zero-order valence-electron chi connectivity index (χ0n) is 10.3. The van der Waals surface area contributed by atoms with E-state index in [4.69, 9.17) is 16.3 Å². The lowest BCUT2D eigenvalue weighted by Crippen LogP contribution is -2.14. The summed E-state index contributed by atoms with van der Waals surface area (Å²) in [5.74, 6) is 0.430. The molecule has 3 nitrogen and oxygen atoms in total. The summed E-state index contributed by atoms with van der Waals surface area (Å²) in [5.41, 5.74) is 0.664. The number of phenols is 1. The molecule has 0 bridgehead atoms. The van der Waals surface area contributed by atoms with Gasteiger partial charge in [0, 0.05) is 11.5 Å². The SMILES string of the molecule is OCC(COc1ccccc1Cl)c1ccccc1O. The fourth-order valence-corrected chi connectivity index (χ4v) is 2.02. The Morgan fingerprint density at radius 2 is 1.74 bits per heavy atom. The number of aliphatic hydroxyl groups is 1. The summed E-state index contributed by atoms with van der Waals surface area (Å²) in [6.07, 6.45) is 0. The van der Waals surface area contributed by atoms with Crippen molar-refractivity contribution in [1.82, 2.24) is 0 Å². The molecule has 19 heavy (non-hydrogen) atoms. The molecule has 0 aliphatic carbocycles. The largest absolute Gasteiger partial charge is 0.508 e. The standard InChI is InChI=1S/C15H15ClO3/c16-13-6-2-4-8-15(13)19-10-11(9-17)12-5-1-3-7-14(12)18/h1-8,11,17-18H,9-10H2. The van der Waals surface area contributed by atoms with Crippen LogP contribution >= 0.6 is 11.6 Å². The number of aliphatic hydroxyl groups excluding tert-OH is 1. The average Bonchev–Trinajstić information content (AvgIpc) is 2.43. The van der Waals surface area contributed by atoms with E-state index in [2.05, 4.69) is 0 Å². The minimum atomic E-state index is -0.294. The van der Waals surface area contributed by atoms with Gasteiger partial charge >= 0.3 is 0 Å². The van der Waals surface area contributed by atoms with Gasteiger partial charge in [-0.25, -0.2) is 0 Å². The Hall–Kier alpha value is -1.71. The van der Waals surface area contributed by atoms with Gasteiger partial charge in [0.05, 0.1) is 18.2 Å². The monoisotopic (exact) mass is 278 g/mol. The van der Waals surface area contributed by atoms with Crippen molar-refractivity contribution >= 4 is 11.6 Å². The van der Waals surface area contributed by atoms with Gasteiger partial charge in [0.25, 0.3) is 0 Å². The van der Waals surface area contributed by atoms with E-state index in [1.54, 1.807) is 30.3 Å². The summed E-state index contributed by atoms with van der Waals surface area (Å²) in [6.45, 7) is 0.139. The zero-order valence-corrected chi connectivity index (χ0v) is 11.0. The Balaban J connectivity index is 2.09. The van der Waals surface area contributed by atoms with Crippen LogP contribution in [0.3, 0.4) is 0 Å². The Labute approximate surface area is 117 Å². The molecule has 0 heterocycles. The molecule has 1 unspecified atom stereocenters. The molecular formula is C15H15ClO3. The topological polar surface area (TPSA) is 49.7 Å². The van der Waals surface area contributed by atoms with E-state index in [0.29, 0.717) is 16.3 Å². The van der Waals surface area contributed by atoms with Crippen LogP contribution in [0.15, 0.2) is 48.5 Å². The number of benzene rings is 2. The highest BCUT2D eigenvalue weighted by Gasteiger charge is 2.15. The maximum atomic E-state index is 9.77. The number of rotatable bonds is 5. The van der Waals surface area contributed by atoms with Crippen molar-refractivity contribution in [2.45, 2.75) is 5.92 Å². The quantitative estimate of drug-likeness (QED) is 0.883. The van der Waals surface area contributed by atoms with Crippen LogP contribution in [0, 0.1) is 0 Å². The number of phenolic OH excluding ortho intramolecular Hbond substituents is 1. The molecule has 0 radical (unpaired) electrons. The van der Waals surface area contributed by atoms with Crippen LogP contribution in [-0.4, -0.2) is 23.4 Å². The Kier molecular flexibility index (Phi) is 4.66. The Morgan fingerprint density at radius 1 is 1.05 bits per heavy atom. The predicted octanol–water partition coefficient (Wildman–Crippen LogP) is 3.20. The molecule has 0 saturated heterocycles. The van der Waals surface area contributed by atoms with Crippen LogP contribution < -0.4 is 4.74 Å². The van der Waals surface area contributed by atoms with E-state index in [0.717, 1.165) is 0 Å². The van der Waals surface area contributed by atoms with Gasteiger partial charge in [0.2, 0.25) is 0 Å². The van der Waals surface area contributed by atoms with E-state index in [1.165, 1.54) is 0 Å². The number of aromatic hydroxyl groups is 1. The fraction of sp³-hybridized carbons (Fsp3) is 0.200. The predicted molar refractivity (Wildman–Crippen MR) is 74.9 cm³/mol. The summed E-state index contributed by atoms with van der Waals surface area (Å²) < 4.78 is 5.60. The molecule has 0 aromatic heterocycles. The zero-order chi connectivity index (χ0) is 13.7. The normalized spacial score (nSPS) is 12.1. The van der Waals surface area contributed by atoms with E-state index < -0.39 is 0 Å². The third-order valence-corrected chi connectivity index (χ3v) is 3.19. The molecular weight excluding hydrogens is 264 g/mol. The summed E-state index contributed by atoms with van der Waals surface area (Å²) in [4.78, 5) is 0. The van der Waals surface area contributed by atoms with E-state index in [9.17, 15) is 10.2 Å². The van der Waals surface area contributed by atoms with Crippen LogP contribution in [0.5, 0.6) is 11.5 Å². The molecule has 1 atom stereocenters. The fourth-order valence-electron chi connectivity index (χ4n) is 1.83. The summed E-state index contributed by atoms with van der Waals surface area (Å²) in [7, 11) is 0. The van der Waals surface area contributed by atoms with E-state index >= 15 is 0 Å². The molecule has 4 heteroatoms. The molecule has 0 saturated carbocycles. The maximum Gasteiger partial charge on any atom is 0.137 e. The molecule has 100 valence electrons. The van der Waals surface area contributed by atoms with Gasteiger partial charge in [-0.3, -0.25) is 0 Å². The van der Waals surface area contributed by atoms with Crippen molar-refractivity contribution in [3.8, 4) is 11.5 Å². The highest BCUT2D eigenvalue weighted by atomic mass is 35.5. The number of ether oxygens (including phenoxy) is 1. The summed E-state index contributed by atoms with van der Waals surface area (Å²) in [6, 6.07) is 14.1. The summed E-state index contributed by atoms with van der Waals surface area (Å²) >= 11 is 5.99. The molecule has 0 aliphatic rings.